The van der Waals surface area contributed by atoms with Crippen molar-refractivity contribution >= 4 is 11.8 Å². The smallest absolute Gasteiger partial charge is 0.325 e. The lowest BCUT2D eigenvalue weighted by molar-refractivity contribution is -0.137. The van der Waals surface area contributed by atoms with Crippen molar-refractivity contribution in [3.05, 3.63) is 24.1 Å². The minimum atomic E-state index is -1.05. The Kier molecular flexibility index (Phi) is 2.79. The maximum absolute atomic E-state index is 12.9. The Morgan fingerprint density at radius 1 is 1.77 bits per heavy atom. The molecule has 4 nitrogen and oxygen atoms in total. The molecule has 0 aromatic carbocycles. The third-order valence-corrected chi connectivity index (χ3v) is 1.48. The van der Waals surface area contributed by atoms with Crippen LogP contribution in [0.1, 0.15) is 6.92 Å². The van der Waals surface area contributed by atoms with E-state index in [9.17, 15) is 9.18 Å². The van der Waals surface area contributed by atoms with Crippen LogP contribution < -0.4 is 5.32 Å². The summed E-state index contributed by atoms with van der Waals surface area (Å²) in [4.78, 5) is 14.1. The maximum atomic E-state index is 12.9. The first-order valence-electron chi connectivity index (χ1n) is 3.71. The van der Waals surface area contributed by atoms with Gasteiger partial charge in [0.1, 0.15) is 6.04 Å². The topological polar surface area (TPSA) is 62.2 Å². The molecule has 0 radical (unpaired) electrons. The number of rotatable bonds is 3. The fourth-order valence-corrected chi connectivity index (χ4v) is 0.759. The molecule has 1 heterocycles. The molecule has 0 amide bonds. The van der Waals surface area contributed by atoms with E-state index < -0.39 is 17.8 Å². The molecule has 2 N–H and O–H groups in total. The van der Waals surface area contributed by atoms with Gasteiger partial charge in [-0.1, -0.05) is 0 Å². The summed E-state index contributed by atoms with van der Waals surface area (Å²) in [6.45, 7) is 1.41. The van der Waals surface area contributed by atoms with Crippen molar-refractivity contribution in [2.45, 2.75) is 13.0 Å². The van der Waals surface area contributed by atoms with Gasteiger partial charge in [-0.05, 0) is 19.1 Å². The van der Waals surface area contributed by atoms with E-state index in [0.717, 1.165) is 0 Å². The molecule has 0 saturated carbocycles. The van der Waals surface area contributed by atoms with Gasteiger partial charge in [-0.3, -0.25) is 4.79 Å². The van der Waals surface area contributed by atoms with Crippen LogP contribution in [0.2, 0.25) is 0 Å². The standard InChI is InChI=1S/C8H9FN2O2/c1-5(8(12)13)11-7-6(9)3-2-4-10-7/h2-5H,1H3,(H,10,11)(H,12,13). The number of hydrogen-bond donors (Lipinski definition) is 2. The number of aliphatic carboxylic acids is 1. The van der Waals surface area contributed by atoms with E-state index in [0.29, 0.717) is 0 Å². The quantitative estimate of drug-likeness (QED) is 0.738. The van der Waals surface area contributed by atoms with Crippen LogP contribution in [0.25, 0.3) is 0 Å². The van der Waals surface area contributed by atoms with Crippen molar-refractivity contribution in [2.24, 2.45) is 0 Å². The second-order valence-corrected chi connectivity index (χ2v) is 2.54. The highest BCUT2D eigenvalue weighted by atomic mass is 19.1. The van der Waals surface area contributed by atoms with Crippen LogP contribution in [0.3, 0.4) is 0 Å². The van der Waals surface area contributed by atoms with Gasteiger partial charge in [0.05, 0.1) is 0 Å². The first-order valence-corrected chi connectivity index (χ1v) is 3.71. The summed E-state index contributed by atoms with van der Waals surface area (Å²) in [6.07, 6.45) is 1.39. The monoisotopic (exact) mass is 184 g/mol. The summed E-state index contributed by atoms with van der Waals surface area (Å²) in [6, 6.07) is 1.79. The summed E-state index contributed by atoms with van der Waals surface area (Å²) >= 11 is 0. The molecular weight excluding hydrogens is 175 g/mol. The summed E-state index contributed by atoms with van der Waals surface area (Å²) in [5, 5.41) is 10.9. The second kappa shape index (κ2) is 3.84. The highest BCUT2D eigenvalue weighted by Crippen LogP contribution is 2.09. The van der Waals surface area contributed by atoms with Gasteiger partial charge in [0, 0.05) is 6.20 Å². The van der Waals surface area contributed by atoms with E-state index >= 15 is 0 Å². The molecule has 0 spiro atoms. The lowest BCUT2D eigenvalue weighted by atomic mass is 10.3. The third kappa shape index (κ3) is 2.40. The van der Waals surface area contributed by atoms with Crippen molar-refractivity contribution in [3.63, 3.8) is 0 Å². The average Bonchev–Trinajstić information content (AvgIpc) is 2.08. The first kappa shape index (κ1) is 9.44. The first-order chi connectivity index (χ1) is 6.11. The van der Waals surface area contributed by atoms with Crippen LogP contribution in [-0.2, 0) is 4.79 Å². The SMILES string of the molecule is CC(Nc1ncccc1F)C(=O)O. The number of carbonyl (C=O) groups is 1. The normalized spacial score (nSPS) is 12.2. The minimum absolute atomic E-state index is 0.0441. The highest BCUT2D eigenvalue weighted by Gasteiger charge is 2.12. The van der Waals surface area contributed by atoms with Crippen LogP contribution >= 0.6 is 0 Å². The van der Waals surface area contributed by atoms with Gasteiger partial charge in [-0.15, -0.1) is 0 Å². The Hall–Kier alpha value is -1.65. The number of anilines is 1. The number of aromatic nitrogens is 1. The Morgan fingerprint density at radius 3 is 3.00 bits per heavy atom. The molecule has 0 aliphatic carbocycles. The van der Waals surface area contributed by atoms with Gasteiger partial charge < -0.3 is 10.4 Å². The molecule has 70 valence electrons. The number of nitrogens with zero attached hydrogens (tertiary/aromatic N) is 1. The molecule has 0 saturated heterocycles. The minimum Gasteiger partial charge on any atom is -0.480 e. The fraction of sp³-hybridized carbons (Fsp3) is 0.250. The van der Waals surface area contributed by atoms with E-state index in [-0.39, 0.29) is 5.82 Å². The molecule has 5 heteroatoms. The van der Waals surface area contributed by atoms with E-state index in [1.54, 1.807) is 0 Å². The van der Waals surface area contributed by atoms with Gasteiger partial charge in [0.2, 0.25) is 0 Å². The number of halogens is 1. The Morgan fingerprint density at radius 2 is 2.46 bits per heavy atom. The van der Waals surface area contributed by atoms with Crippen molar-refractivity contribution in [2.75, 3.05) is 5.32 Å². The van der Waals surface area contributed by atoms with Gasteiger partial charge in [0.25, 0.3) is 0 Å². The molecule has 1 rings (SSSR count). The van der Waals surface area contributed by atoms with Crippen LogP contribution in [-0.4, -0.2) is 22.1 Å². The summed E-state index contributed by atoms with van der Waals surface area (Å²) in [5.74, 6) is -1.65. The number of carboxylic acids is 1. The van der Waals surface area contributed by atoms with E-state index in [1.807, 2.05) is 0 Å². The zero-order valence-electron chi connectivity index (χ0n) is 6.99. The zero-order valence-corrected chi connectivity index (χ0v) is 6.99. The summed E-state index contributed by atoms with van der Waals surface area (Å²) < 4.78 is 12.9. The van der Waals surface area contributed by atoms with Crippen molar-refractivity contribution in [1.82, 2.24) is 4.98 Å². The van der Waals surface area contributed by atoms with Gasteiger partial charge in [-0.25, -0.2) is 9.37 Å². The van der Waals surface area contributed by atoms with Crippen molar-refractivity contribution in [1.29, 1.82) is 0 Å². The highest BCUT2D eigenvalue weighted by molar-refractivity contribution is 5.76. The maximum Gasteiger partial charge on any atom is 0.325 e. The molecule has 0 aliphatic heterocycles. The van der Waals surface area contributed by atoms with Gasteiger partial charge in [0.15, 0.2) is 11.6 Å². The molecule has 0 bridgehead atoms. The molecule has 13 heavy (non-hydrogen) atoms. The van der Waals surface area contributed by atoms with E-state index in [4.69, 9.17) is 5.11 Å². The molecule has 1 aromatic rings. The summed E-state index contributed by atoms with van der Waals surface area (Å²) in [7, 11) is 0. The second-order valence-electron chi connectivity index (χ2n) is 2.54. The number of pyridine rings is 1. The molecule has 1 unspecified atom stereocenters. The van der Waals surface area contributed by atoms with Crippen LogP contribution in [0.4, 0.5) is 10.2 Å². The van der Waals surface area contributed by atoms with E-state index in [2.05, 4.69) is 10.3 Å². The predicted octanol–water partition coefficient (Wildman–Crippen LogP) is 1.11. The van der Waals surface area contributed by atoms with E-state index in [1.165, 1.54) is 25.3 Å². The molecule has 0 aliphatic rings. The largest absolute Gasteiger partial charge is 0.480 e. The number of hydrogen-bond acceptors (Lipinski definition) is 3. The Balaban J connectivity index is 2.74. The van der Waals surface area contributed by atoms with Crippen LogP contribution in [0.5, 0.6) is 0 Å². The number of carboxylic acid groups (broad SMARTS) is 1. The lowest BCUT2D eigenvalue weighted by Gasteiger charge is -2.09. The molecular formula is C8H9FN2O2. The summed E-state index contributed by atoms with van der Waals surface area (Å²) in [5.41, 5.74) is 0. The van der Waals surface area contributed by atoms with Gasteiger partial charge in [-0.2, -0.15) is 0 Å². The third-order valence-electron chi connectivity index (χ3n) is 1.48. The molecule has 1 aromatic heterocycles. The Labute approximate surface area is 74.4 Å². The van der Waals surface area contributed by atoms with Crippen molar-refractivity contribution < 1.29 is 14.3 Å². The lowest BCUT2D eigenvalue weighted by Crippen LogP contribution is -2.26. The van der Waals surface area contributed by atoms with Crippen molar-refractivity contribution in [3.8, 4) is 0 Å². The number of nitrogens with one attached hydrogen (secondary N) is 1. The molecule has 1 atom stereocenters. The molecule has 0 fully saturated rings. The Bertz CT molecular complexity index is 317. The van der Waals surface area contributed by atoms with Crippen LogP contribution in [0, 0.1) is 5.82 Å². The van der Waals surface area contributed by atoms with Gasteiger partial charge >= 0.3 is 5.97 Å². The van der Waals surface area contributed by atoms with Crippen LogP contribution in [0.15, 0.2) is 18.3 Å². The zero-order chi connectivity index (χ0) is 9.84. The predicted molar refractivity (Wildman–Crippen MR) is 44.9 cm³/mol. The fourth-order valence-electron chi connectivity index (χ4n) is 0.759. The average molecular weight is 184 g/mol.